The number of benzene rings is 2. The zero-order valence-corrected chi connectivity index (χ0v) is 15.7. The molecule has 3 rings (SSSR count). The molecule has 3 aromatic rings. The minimum Gasteiger partial charge on any atom is -0.313 e. The maximum absolute atomic E-state index is 14.0. The fraction of sp³-hybridized carbons (Fsp3) is 0.318. The van der Waals surface area contributed by atoms with Crippen molar-refractivity contribution in [2.45, 2.75) is 45.7 Å². The van der Waals surface area contributed by atoms with Crippen LogP contribution in [-0.2, 0) is 19.0 Å². The highest BCUT2D eigenvalue weighted by Crippen LogP contribution is 2.31. The monoisotopic (exact) mass is 391 g/mol. The second-order valence-corrected chi connectivity index (χ2v) is 6.80. The van der Waals surface area contributed by atoms with Crippen LogP contribution in [0.5, 0.6) is 0 Å². The molecule has 2 aromatic carbocycles. The minimum absolute atomic E-state index is 0.136. The number of rotatable bonds is 5. The second kappa shape index (κ2) is 7.78. The summed E-state index contributed by atoms with van der Waals surface area (Å²) >= 11 is 0. The average Bonchev–Trinajstić information content (AvgIpc) is 2.64. The van der Waals surface area contributed by atoms with Gasteiger partial charge < -0.3 is 4.57 Å². The number of nitrogens with zero attached hydrogens (tertiary/aromatic N) is 1. The summed E-state index contributed by atoms with van der Waals surface area (Å²) in [6.07, 6.45) is -1.81. The lowest BCUT2D eigenvalue weighted by Crippen LogP contribution is -2.20. The third-order valence-corrected chi connectivity index (χ3v) is 4.78. The Morgan fingerprint density at radius 1 is 0.929 bits per heavy atom. The largest absolute Gasteiger partial charge is 0.416 e. The predicted molar refractivity (Wildman–Crippen MR) is 102 cm³/mol. The van der Waals surface area contributed by atoms with Crippen molar-refractivity contribution in [2.24, 2.45) is 0 Å². The average molecular weight is 391 g/mol. The molecule has 6 heteroatoms. The molecule has 0 bridgehead atoms. The van der Waals surface area contributed by atoms with Crippen molar-refractivity contribution in [3.63, 3.8) is 0 Å². The third kappa shape index (κ3) is 3.68. The van der Waals surface area contributed by atoms with Crippen LogP contribution in [0.15, 0.2) is 47.3 Å². The highest BCUT2D eigenvalue weighted by Gasteiger charge is 2.30. The molecule has 1 heterocycles. The van der Waals surface area contributed by atoms with E-state index in [0.717, 1.165) is 30.7 Å². The number of hydrogen-bond acceptors (Lipinski definition) is 1. The van der Waals surface area contributed by atoms with Crippen molar-refractivity contribution in [2.75, 3.05) is 0 Å². The number of aromatic nitrogens is 1. The predicted octanol–water partition coefficient (Wildman–Crippen LogP) is 6.05. The molecule has 1 aromatic heterocycles. The number of halogens is 4. The lowest BCUT2D eigenvalue weighted by molar-refractivity contribution is -0.137. The Hall–Kier alpha value is -2.63. The topological polar surface area (TPSA) is 22.0 Å². The molecule has 0 N–H and O–H groups in total. The molecule has 148 valence electrons. The first-order valence-electron chi connectivity index (χ1n) is 9.31. The maximum Gasteiger partial charge on any atom is 0.416 e. The molecule has 0 saturated heterocycles. The summed E-state index contributed by atoms with van der Waals surface area (Å²) in [5, 5.41) is 0.365. The van der Waals surface area contributed by atoms with Crippen molar-refractivity contribution in [3.8, 4) is 5.69 Å². The summed E-state index contributed by atoms with van der Waals surface area (Å²) in [6.45, 7) is 3.93. The number of hydrogen-bond donors (Lipinski definition) is 0. The van der Waals surface area contributed by atoms with Crippen molar-refractivity contribution < 1.29 is 17.6 Å². The molecular weight excluding hydrogens is 370 g/mol. The van der Waals surface area contributed by atoms with Crippen LogP contribution >= 0.6 is 0 Å². The van der Waals surface area contributed by atoms with Gasteiger partial charge in [-0.3, -0.25) is 4.79 Å². The van der Waals surface area contributed by atoms with E-state index in [1.54, 1.807) is 4.57 Å². The smallest absolute Gasteiger partial charge is 0.313 e. The quantitative estimate of drug-likeness (QED) is 0.485. The van der Waals surface area contributed by atoms with E-state index in [2.05, 4.69) is 0 Å². The summed E-state index contributed by atoms with van der Waals surface area (Å²) in [4.78, 5) is 13.0. The minimum atomic E-state index is -4.43. The molecule has 28 heavy (non-hydrogen) atoms. The van der Waals surface area contributed by atoms with Gasteiger partial charge >= 0.3 is 6.18 Å². The van der Waals surface area contributed by atoms with Gasteiger partial charge in [-0.05, 0) is 55.3 Å². The van der Waals surface area contributed by atoms with Crippen molar-refractivity contribution >= 4 is 10.9 Å². The van der Waals surface area contributed by atoms with Gasteiger partial charge in [-0.25, -0.2) is 4.39 Å². The zero-order valence-electron chi connectivity index (χ0n) is 15.7. The maximum atomic E-state index is 14.0. The fourth-order valence-corrected chi connectivity index (χ4v) is 3.56. The molecule has 0 radical (unpaired) electrons. The molecule has 2 nitrogen and oxygen atoms in total. The molecule has 0 aliphatic carbocycles. The van der Waals surface area contributed by atoms with Gasteiger partial charge in [-0.15, -0.1) is 0 Å². The van der Waals surface area contributed by atoms with Gasteiger partial charge in [0.05, 0.1) is 11.1 Å². The van der Waals surface area contributed by atoms with Crippen molar-refractivity contribution in [3.05, 3.63) is 75.3 Å². The summed E-state index contributed by atoms with van der Waals surface area (Å²) in [5.74, 6) is -0.502. The molecular formula is C22H21F4NO. The molecule has 0 unspecified atom stereocenters. The van der Waals surface area contributed by atoms with E-state index in [4.69, 9.17) is 0 Å². The first-order chi connectivity index (χ1) is 13.3. The fourth-order valence-electron chi connectivity index (χ4n) is 3.56. The number of alkyl halides is 3. The Morgan fingerprint density at radius 2 is 1.57 bits per heavy atom. The van der Waals surface area contributed by atoms with Gasteiger partial charge in [0.2, 0.25) is 0 Å². The van der Waals surface area contributed by atoms with Crippen LogP contribution in [0.4, 0.5) is 17.6 Å². The highest BCUT2D eigenvalue weighted by molar-refractivity contribution is 5.82. The van der Waals surface area contributed by atoms with E-state index in [-0.39, 0.29) is 5.43 Å². The molecule has 0 fully saturated rings. The first kappa shape index (κ1) is 20.1. The van der Waals surface area contributed by atoms with Gasteiger partial charge in [-0.1, -0.05) is 26.7 Å². The van der Waals surface area contributed by atoms with Crippen LogP contribution in [0.2, 0.25) is 0 Å². The molecule has 0 amide bonds. The highest BCUT2D eigenvalue weighted by atomic mass is 19.4. The summed E-state index contributed by atoms with van der Waals surface area (Å²) in [6, 6.07) is 8.70. The summed E-state index contributed by atoms with van der Waals surface area (Å²) in [5.41, 5.74) is 1.33. The van der Waals surface area contributed by atoms with E-state index >= 15 is 0 Å². The lowest BCUT2D eigenvalue weighted by atomic mass is 9.99. The van der Waals surface area contributed by atoms with E-state index in [9.17, 15) is 22.4 Å². The summed E-state index contributed by atoms with van der Waals surface area (Å²) < 4.78 is 54.6. The Balaban J connectivity index is 2.38. The molecule has 0 saturated carbocycles. The molecule has 0 aliphatic rings. The van der Waals surface area contributed by atoms with Gasteiger partial charge in [0.1, 0.15) is 5.82 Å². The second-order valence-electron chi connectivity index (χ2n) is 6.80. The molecule has 0 spiro atoms. The Labute approximate surface area is 160 Å². The van der Waals surface area contributed by atoms with E-state index in [0.29, 0.717) is 35.0 Å². The lowest BCUT2D eigenvalue weighted by Gasteiger charge is -2.21. The number of pyridine rings is 1. The van der Waals surface area contributed by atoms with Crippen LogP contribution in [0, 0.1) is 5.82 Å². The van der Waals surface area contributed by atoms with Gasteiger partial charge in [0, 0.05) is 22.3 Å². The van der Waals surface area contributed by atoms with Gasteiger partial charge in [0.15, 0.2) is 5.43 Å². The van der Waals surface area contributed by atoms with E-state index < -0.39 is 17.6 Å². The van der Waals surface area contributed by atoms with Crippen LogP contribution in [0.1, 0.15) is 43.5 Å². The Morgan fingerprint density at radius 3 is 2.14 bits per heavy atom. The van der Waals surface area contributed by atoms with E-state index in [1.165, 1.54) is 30.3 Å². The summed E-state index contributed by atoms with van der Waals surface area (Å²) in [7, 11) is 0. The van der Waals surface area contributed by atoms with Gasteiger partial charge in [0.25, 0.3) is 0 Å². The van der Waals surface area contributed by atoms with Gasteiger partial charge in [-0.2, -0.15) is 13.2 Å². The number of fused-ring (bicyclic) bond motifs is 1. The Bertz CT molecular complexity index is 1050. The molecule has 0 aliphatic heterocycles. The normalized spacial score (nSPS) is 11.9. The zero-order chi connectivity index (χ0) is 20.5. The van der Waals surface area contributed by atoms with Crippen LogP contribution in [-0.4, -0.2) is 4.57 Å². The van der Waals surface area contributed by atoms with E-state index in [1.807, 2.05) is 13.8 Å². The van der Waals surface area contributed by atoms with Crippen molar-refractivity contribution in [1.29, 1.82) is 0 Å². The first-order valence-corrected chi connectivity index (χ1v) is 9.31. The third-order valence-electron chi connectivity index (χ3n) is 4.78. The Kier molecular flexibility index (Phi) is 5.59. The van der Waals surface area contributed by atoms with Crippen LogP contribution in [0.3, 0.4) is 0 Å². The molecule has 0 atom stereocenters. The van der Waals surface area contributed by atoms with Crippen molar-refractivity contribution in [1.82, 2.24) is 4.57 Å². The van der Waals surface area contributed by atoms with Crippen LogP contribution in [0.25, 0.3) is 16.6 Å². The SMILES string of the molecule is CCCc1c(CCC)n(-c2ccc(C(F)(F)F)cc2)c2cc(F)ccc2c1=O. The van der Waals surface area contributed by atoms with Crippen LogP contribution < -0.4 is 5.43 Å². The standard InChI is InChI=1S/C22H21F4NO/c1-3-5-17-19(6-4-2)27(16-10-7-14(8-11-16)22(24,25)26)20-13-15(23)9-12-18(20)21(17)28/h7-13H,3-6H2,1-2H3.